The molecule has 3 aliphatic rings. The number of nitrogens with one attached hydrogen (secondary N) is 1. The molecule has 1 aromatic carbocycles. The van der Waals surface area contributed by atoms with Gasteiger partial charge in [-0.3, -0.25) is 14.5 Å². The summed E-state index contributed by atoms with van der Waals surface area (Å²) in [4.78, 5) is 26.5. The summed E-state index contributed by atoms with van der Waals surface area (Å²) in [6.45, 7) is 2.80. The van der Waals surface area contributed by atoms with Crippen LogP contribution in [0.25, 0.3) is 0 Å². The third kappa shape index (κ3) is 4.32. The first kappa shape index (κ1) is 21.1. The molecule has 1 aromatic rings. The van der Waals surface area contributed by atoms with Crippen molar-refractivity contribution in [2.24, 2.45) is 5.92 Å². The van der Waals surface area contributed by atoms with E-state index in [1.54, 1.807) is 6.07 Å². The summed E-state index contributed by atoms with van der Waals surface area (Å²) in [5.41, 5.74) is 0.333. The van der Waals surface area contributed by atoms with Crippen LogP contribution in [-0.2, 0) is 19.6 Å². The van der Waals surface area contributed by atoms with Gasteiger partial charge in [-0.1, -0.05) is 19.8 Å². The SMILES string of the molecule is CC1CCN(S(=O)(=O)c2ccc3c(c2)N(CC(=O)NC2CCCC2)C(=O)CO3)CC1. The van der Waals surface area contributed by atoms with Gasteiger partial charge in [0.25, 0.3) is 5.91 Å². The number of sulfonamides is 1. The number of amides is 2. The number of benzene rings is 1. The predicted octanol–water partition coefficient (Wildman–Crippen LogP) is 1.89. The highest BCUT2D eigenvalue weighted by Gasteiger charge is 2.33. The predicted molar refractivity (Wildman–Crippen MR) is 112 cm³/mol. The van der Waals surface area contributed by atoms with E-state index in [2.05, 4.69) is 12.2 Å². The molecule has 2 heterocycles. The van der Waals surface area contributed by atoms with Crippen molar-refractivity contribution in [3.05, 3.63) is 18.2 Å². The number of carbonyl (C=O) groups is 2. The molecule has 4 rings (SSSR count). The molecule has 0 bridgehead atoms. The van der Waals surface area contributed by atoms with Crippen LogP contribution >= 0.6 is 0 Å². The van der Waals surface area contributed by atoms with Gasteiger partial charge in [0.2, 0.25) is 15.9 Å². The van der Waals surface area contributed by atoms with Crippen molar-refractivity contribution in [3.8, 4) is 5.75 Å². The van der Waals surface area contributed by atoms with E-state index in [0.29, 0.717) is 30.4 Å². The molecular weight excluding hydrogens is 406 g/mol. The smallest absolute Gasteiger partial charge is 0.265 e. The maximum atomic E-state index is 13.1. The number of rotatable bonds is 5. The molecule has 0 unspecified atom stereocenters. The van der Waals surface area contributed by atoms with Crippen LogP contribution in [0, 0.1) is 5.92 Å². The minimum atomic E-state index is -3.67. The van der Waals surface area contributed by atoms with Gasteiger partial charge >= 0.3 is 0 Å². The number of hydrogen-bond donors (Lipinski definition) is 1. The summed E-state index contributed by atoms with van der Waals surface area (Å²) < 4.78 is 33.2. The maximum absolute atomic E-state index is 13.1. The van der Waals surface area contributed by atoms with E-state index < -0.39 is 10.0 Å². The van der Waals surface area contributed by atoms with Crippen molar-refractivity contribution in [1.82, 2.24) is 9.62 Å². The molecule has 30 heavy (non-hydrogen) atoms. The lowest BCUT2D eigenvalue weighted by molar-refractivity contribution is -0.125. The van der Waals surface area contributed by atoms with Gasteiger partial charge in [0.1, 0.15) is 12.3 Å². The third-order valence-electron chi connectivity index (χ3n) is 6.28. The largest absolute Gasteiger partial charge is 0.482 e. The van der Waals surface area contributed by atoms with E-state index >= 15 is 0 Å². The molecule has 8 nitrogen and oxygen atoms in total. The van der Waals surface area contributed by atoms with Gasteiger partial charge in [-0.05, 0) is 49.8 Å². The molecule has 9 heteroatoms. The Labute approximate surface area is 177 Å². The average Bonchev–Trinajstić information content (AvgIpc) is 3.23. The molecule has 1 saturated carbocycles. The molecule has 0 radical (unpaired) electrons. The summed E-state index contributed by atoms with van der Waals surface area (Å²) in [6.07, 6.45) is 5.77. The summed E-state index contributed by atoms with van der Waals surface area (Å²) in [7, 11) is -3.67. The van der Waals surface area contributed by atoms with Crippen molar-refractivity contribution >= 4 is 27.5 Å². The average molecular weight is 436 g/mol. The van der Waals surface area contributed by atoms with Crippen molar-refractivity contribution in [2.45, 2.75) is 56.4 Å². The van der Waals surface area contributed by atoms with Crippen LogP contribution < -0.4 is 15.0 Å². The van der Waals surface area contributed by atoms with Crippen LogP contribution in [0.15, 0.2) is 23.1 Å². The lowest BCUT2D eigenvalue weighted by Crippen LogP contribution is -2.47. The van der Waals surface area contributed by atoms with Crippen LogP contribution in [0.1, 0.15) is 45.4 Å². The molecule has 2 amide bonds. The summed E-state index contributed by atoms with van der Waals surface area (Å²) in [6, 6.07) is 4.70. The Bertz CT molecular complexity index is 919. The van der Waals surface area contributed by atoms with Gasteiger partial charge in [0, 0.05) is 19.1 Å². The molecule has 1 N–H and O–H groups in total. The van der Waals surface area contributed by atoms with Crippen molar-refractivity contribution in [2.75, 3.05) is 31.1 Å². The molecule has 2 aliphatic heterocycles. The first-order chi connectivity index (χ1) is 14.3. The fourth-order valence-electron chi connectivity index (χ4n) is 4.38. The molecule has 1 saturated heterocycles. The summed E-state index contributed by atoms with van der Waals surface area (Å²) in [5, 5.41) is 2.98. The van der Waals surface area contributed by atoms with Gasteiger partial charge in [0.05, 0.1) is 10.6 Å². The number of ether oxygens (including phenoxy) is 1. The fraction of sp³-hybridized carbons (Fsp3) is 0.619. The van der Waals surface area contributed by atoms with E-state index in [4.69, 9.17) is 4.74 Å². The number of piperidine rings is 1. The third-order valence-corrected chi connectivity index (χ3v) is 8.17. The molecule has 0 aromatic heterocycles. The van der Waals surface area contributed by atoms with Crippen LogP contribution in [0.3, 0.4) is 0 Å². The summed E-state index contributed by atoms with van der Waals surface area (Å²) in [5.74, 6) is 0.334. The number of nitrogens with zero attached hydrogens (tertiary/aromatic N) is 2. The Kier molecular flexibility index (Phi) is 6.02. The van der Waals surface area contributed by atoms with E-state index in [1.807, 2.05) is 0 Å². The van der Waals surface area contributed by atoms with Gasteiger partial charge in [0.15, 0.2) is 6.61 Å². The Morgan fingerprint density at radius 2 is 1.87 bits per heavy atom. The summed E-state index contributed by atoms with van der Waals surface area (Å²) >= 11 is 0. The zero-order chi connectivity index (χ0) is 21.3. The molecule has 1 aliphatic carbocycles. The van der Waals surface area contributed by atoms with Crippen LogP contribution in [0.4, 0.5) is 5.69 Å². The normalized spacial score (nSPS) is 21.4. The minimum absolute atomic E-state index is 0.121. The van der Waals surface area contributed by atoms with Crippen molar-refractivity contribution in [1.29, 1.82) is 0 Å². The molecule has 0 spiro atoms. The quantitative estimate of drug-likeness (QED) is 0.762. The monoisotopic (exact) mass is 435 g/mol. The van der Waals surface area contributed by atoms with Gasteiger partial charge < -0.3 is 10.1 Å². The van der Waals surface area contributed by atoms with Gasteiger partial charge in [-0.25, -0.2) is 8.42 Å². The molecule has 0 atom stereocenters. The maximum Gasteiger partial charge on any atom is 0.265 e. The molecule has 2 fully saturated rings. The lowest BCUT2D eigenvalue weighted by Gasteiger charge is -2.31. The topological polar surface area (TPSA) is 96.0 Å². The Morgan fingerprint density at radius 3 is 2.57 bits per heavy atom. The highest BCUT2D eigenvalue weighted by molar-refractivity contribution is 7.89. The first-order valence-electron chi connectivity index (χ1n) is 10.7. The van der Waals surface area contributed by atoms with Gasteiger partial charge in [-0.15, -0.1) is 0 Å². The molecular formula is C21H29N3O5S. The fourth-order valence-corrected chi connectivity index (χ4v) is 5.87. The van der Waals surface area contributed by atoms with E-state index in [1.165, 1.54) is 21.3 Å². The lowest BCUT2D eigenvalue weighted by atomic mass is 10.0. The Morgan fingerprint density at radius 1 is 1.17 bits per heavy atom. The zero-order valence-corrected chi connectivity index (χ0v) is 18.1. The highest BCUT2D eigenvalue weighted by atomic mass is 32.2. The number of hydrogen-bond acceptors (Lipinski definition) is 5. The second kappa shape index (κ2) is 8.55. The van der Waals surface area contributed by atoms with Crippen molar-refractivity contribution < 1.29 is 22.7 Å². The minimum Gasteiger partial charge on any atom is -0.482 e. The van der Waals surface area contributed by atoms with E-state index in [-0.39, 0.29) is 35.9 Å². The standard InChI is InChI=1S/C21H29N3O5S/c1-15-8-10-23(11-9-15)30(27,28)17-6-7-19-18(12-17)24(21(26)14-29-19)13-20(25)22-16-4-2-3-5-16/h6-7,12,15-16H,2-5,8-11,13-14H2,1H3,(H,22,25). The second-order valence-corrected chi connectivity index (χ2v) is 10.5. The second-order valence-electron chi connectivity index (χ2n) is 8.53. The van der Waals surface area contributed by atoms with E-state index in [0.717, 1.165) is 38.5 Å². The highest BCUT2D eigenvalue weighted by Crippen LogP contribution is 2.35. The molecule has 164 valence electrons. The number of carbonyl (C=O) groups excluding carboxylic acids is 2. The van der Waals surface area contributed by atoms with Crippen LogP contribution in [0.2, 0.25) is 0 Å². The van der Waals surface area contributed by atoms with Crippen LogP contribution in [0.5, 0.6) is 5.75 Å². The zero-order valence-electron chi connectivity index (χ0n) is 17.3. The Hall–Kier alpha value is -2.13. The van der Waals surface area contributed by atoms with Crippen LogP contribution in [-0.4, -0.2) is 56.8 Å². The number of anilines is 1. The van der Waals surface area contributed by atoms with E-state index in [9.17, 15) is 18.0 Å². The Balaban J connectivity index is 1.56. The van der Waals surface area contributed by atoms with Crippen molar-refractivity contribution in [3.63, 3.8) is 0 Å². The number of fused-ring (bicyclic) bond motifs is 1. The first-order valence-corrected chi connectivity index (χ1v) is 12.2. The van der Waals surface area contributed by atoms with Gasteiger partial charge in [-0.2, -0.15) is 4.31 Å².